The molecule has 202 valence electrons. The minimum absolute atomic E-state index is 0.0537. The van der Waals surface area contributed by atoms with Crippen LogP contribution in [0.15, 0.2) is 11.6 Å². The van der Waals surface area contributed by atoms with Gasteiger partial charge in [0.05, 0.1) is 0 Å². The lowest BCUT2D eigenvalue weighted by Crippen LogP contribution is -2.38. The Morgan fingerprint density at radius 2 is 1.35 bits per heavy atom. The molecule has 1 saturated carbocycles. The fourth-order valence-corrected chi connectivity index (χ4v) is 4.84. The van der Waals surface area contributed by atoms with E-state index in [2.05, 4.69) is 89.2 Å². The van der Waals surface area contributed by atoms with Crippen molar-refractivity contribution in [2.24, 2.45) is 28.6 Å². The highest BCUT2D eigenvalue weighted by molar-refractivity contribution is 5.88. The lowest BCUT2D eigenvalue weighted by molar-refractivity contribution is -0.158. The molecule has 1 fully saturated rings. The SMILES string of the molecule is CC(C)(C)C.CC1CC/C(C(=O)OC(C)(C)C2CCCCC2)=C\CCC(C(C)(C)C)C1.CCC. The van der Waals surface area contributed by atoms with Crippen LogP contribution >= 0.6 is 0 Å². The van der Waals surface area contributed by atoms with Crippen molar-refractivity contribution < 1.29 is 9.53 Å². The summed E-state index contributed by atoms with van der Waals surface area (Å²) in [6.45, 7) is 26.7. The van der Waals surface area contributed by atoms with Crippen LogP contribution in [0.3, 0.4) is 0 Å². The Hall–Kier alpha value is -0.790. The number of ether oxygens (including phenoxy) is 1. The second-order valence-corrected chi connectivity index (χ2v) is 14.3. The number of allylic oxidation sites excluding steroid dienone is 1. The maximum atomic E-state index is 12.9. The minimum Gasteiger partial charge on any atom is -0.456 e. The summed E-state index contributed by atoms with van der Waals surface area (Å²) in [6.07, 6.45) is 15.1. The highest BCUT2D eigenvalue weighted by atomic mass is 16.6. The topological polar surface area (TPSA) is 26.3 Å². The molecule has 0 saturated heterocycles. The molecule has 0 radical (unpaired) electrons. The molecule has 2 aliphatic carbocycles. The summed E-state index contributed by atoms with van der Waals surface area (Å²) in [6, 6.07) is 0. The first kappa shape index (κ1) is 33.2. The van der Waals surface area contributed by atoms with Crippen LogP contribution in [0.2, 0.25) is 0 Å². The van der Waals surface area contributed by atoms with Gasteiger partial charge in [-0.2, -0.15) is 0 Å². The van der Waals surface area contributed by atoms with E-state index in [0.29, 0.717) is 22.7 Å². The third kappa shape index (κ3) is 15.3. The van der Waals surface area contributed by atoms with Crippen LogP contribution in [0.5, 0.6) is 0 Å². The molecule has 0 N–H and O–H groups in total. The average molecular weight is 479 g/mol. The van der Waals surface area contributed by atoms with Gasteiger partial charge in [0.15, 0.2) is 0 Å². The zero-order valence-corrected chi connectivity index (χ0v) is 25.4. The quantitative estimate of drug-likeness (QED) is 0.377. The Bertz CT molecular complexity index is 573. The van der Waals surface area contributed by atoms with Gasteiger partial charge in [-0.1, -0.05) is 101 Å². The summed E-state index contributed by atoms with van der Waals surface area (Å²) in [4.78, 5) is 12.9. The van der Waals surface area contributed by atoms with E-state index in [4.69, 9.17) is 4.74 Å². The Morgan fingerprint density at radius 1 is 0.853 bits per heavy atom. The molecule has 0 amide bonds. The molecule has 2 unspecified atom stereocenters. The van der Waals surface area contributed by atoms with Crippen molar-refractivity contribution in [1.82, 2.24) is 0 Å². The second-order valence-electron chi connectivity index (χ2n) is 14.3. The largest absolute Gasteiger partial charge is 0.456 e. The van der Waals surface area contributed by atoms with Crippen molar-refractivity contribution >= 4 is 5.97 Å². The second kappa shape index (κ2) is 15.4. The van der Waals surface area contributed by atoms with E-state index >= 15 is 0 Å². The smallest absolute Gasteiger partial charge is 0.334 e. The molecule has 2 aliphatic rings. The number of hydrogen-bond acceptors (Lipinski definition) is 2. The van der Waals surface area contributed by atoms with E-state index in [0.717, 1.165) is 30.8 Å². The Labute approximate surface area is 215 Å². The number of hydrogen-bond donors (Lipinski definition) is 0. The van der Waals surface area contributed by atoms with E-state index < -0.39 is 0 Å². The zero-order valence-electron chi connectivity index (χ0n) is 25.4. The van der Waals surface area contributed by atoms with Gasteiger partial charge in [-0.3, -0.25) is 0 Å². The molecule has 0 aliphatic heterocycles. The summed E-state index contributed by atoms with van der Waals surface area (Å²) in [5.41, 5.74) is 1.43. The first-order chi connectivity index (χ1) is 15.5. The zero-order chi connectivity index (χ0) is 26.6. The molecule has 34 heavy (non-hydrogen) atoms. The van der Waals surface area contributed by atoms with Crippen LogP contribution in [0, 0.1) is 28.6 Å². The van der Waals surface area contributed by atoms with Gasteiger partial charge in [0.1, 0.15) is 5.60 Å². The third-order valence-electron chi connectivity index (χ3n) is 6.93. The maximum absolute atomic E-state index is 12.9. The third-order valence-corrected chi connectivity index (χ3v) is 6.93. The minimum atomic E-state index is -0.337. The number of carbonyl (C=O) groups is 1. The Kier molecular flexibility index (Phi) is 15.0. The van der Waals surface area contributed by atoms with Gasteiger partial charge >= 0.3 is 5.97 Å². The van der Waals surface area contributed by atoms with Crippen molar-refractivity contribution in [3.63, 3.8) is 0 Å². The summed E-state index contributed by atoms with van der Waals surface area (Å²) < 4.78 is 6.08. The lowest BCUT2D eigenvalue weighted by atomic mass is 9.73. The molecule has 2 heteroatoms. The molecule has 0 spiro atoms. The average Bonchev–Trinajstić information content (AvgIpc) is 2.78. The lowest BCUT2D eigenvalue weighted by Gasteiger charge is -2.36. The van der Waals surface area contributed by atoms with Crippen molar-refractivity contribution in [2.45, 2.75) is 159 Å². The molecule has 2 atom stereocenters. The van der Waals surface area contributed by atoms with E-state index in [-0.39, 0.29) is 11.6 Å². The summed E-state index contributed by atoms with van der Waals surface area (Å²) >= 11 is 0. The molecular formula is C32H62O2. The normalized spacial score (nSPS) is 24.5. The number of carbonyl (C=O) groups excluding carboxylic acids is 1. The van der Waals surface area contributed by atoms with Crippen LogP contribution in [0.1, 0.15) is 154 Å². The van der Waals surface area contributed by atoms with E-state index in [1.807, 2.05) is 0 Å². The van der Waals surface area contributed by atoms with Crippen LogP contribution < -0.4 is 0 Å². The molecule has 0 heterocycles. The molecule has 0 aromatic rings. The van der Waals surface area contributed by atoms with Crippen LogP contribution in [0.4, 0.5) is 0 Å². The van der Waals surface area contributed by atoms with Crippen molar-refractivity contribution in [3.8, 4) is 0 Å². The van der Waals surface area contributed by atoms with E-state index in [1.54, 1.807) is 0 Å². The van der Waals surface area contributed by atoms with E-state index in [9.17, 15) is 4.79 Å². The molecule has 2 rings (SSSR count). The Morgan fingerprint density at radius 3 is 1.82 bits per heavy atom. The summed E-state index contributed by atoms with van der Waals surface area (Å²) in [5, 5.41) is 0. The predicted octanol–water partition coefficient (Wildman–Crippen LogP) is 10.5. The van der Waals surface area contributed by atoms with Gasteiger partial charge in [-0.15, -0.1) is 0 Å². The molecule has 0 bridgehead atoms. The monoisotopic (exact) mass is 478 g/mol. The van der Waals surface area contributed by atoms with Gasteiger partial charge < -0.3 is 4.74 Å². The predicted molar refractivity (Wildman–Crippen MR) is 151 cm³/mol. The van der Waals surface area contributed by atoms with Gasteiger partial charge in [0.25, 0.3) is 0 Å². The van der Waals surface area contributed by atoms with Crippen LogP contribution in [-0.4, -0.2) is 11.6 Å². The highest BCUT2D eigenvalue weighted by Crippen LogP contribution is 2.38. The van der Waals surface area contributed by atoms with Crippen molar-refractivity contribution in [3.05, 3.63) is 11.6 Å². The highest BCUT2D eigenvalue weighted by Gasteiger charge is 2.35. The maximum Gasteiger partial charge on any atom is 0.334 e. The van der Waals surface area contributed by atoms with Crippen molar-refractivity contribution in [2.75, 3.05) is 0 Å². The molecule has 2 nitrogen and oxygen atoms in total. The van der Waals surface area contributed by atoms with Gasteiger partial charge in [-0.05, 0) is 87.4 Å². The first-order valence-electron chi connectivity index (χ1n) is 14.4. The molecule has 0 aromatic heterocycles. The summed E-state index contributed by atoms with van der Waals surface area (Å²) in [5.74, 6) is 1.85. The van der Waals surface area contributed by atoms with Gasteiger partial charge in [-0.25, -0.2) is 4.79 Å². The van der Waals surface area contributed by atoms with E-state index in [1.165, 1.54) is 51.4 Å². The summed E-state index contributed by atoms with van der Waals surface area (Å²) in [7, 11) is 0. The van der Waals surface area contributed by atoms with Crippen LogP contribution in [0.25, 0.3) is 0 Å². The molecule has 0 aromatic carbocycles. The van der Waals surface area contributed by atoms with Crippen molar-refractivity contribution in [1.29, 1.82) is 0 Å². The Balaban J connectivity index is 0.00000118. The van der Waals surface area contributed by atoms with Gasteiger partial charge in [0, 0.05) is 5.57 Å². The number of esters is 1. The van der Waals surface area contributed by atoms with Crippen LogP contribution in [-0.2, 0) is 9.53 Å². The fraction of sp³-hybridized carbons (Fsp3) is 0.906. The number of rotatable bonds is 3. The molecular weight excluding hydrogens is 416 g/mol. The standard InChI is InChI=1S/C24H42O2.C5H12.C3H8/c1-18-15-16-19(11-10-14-21(17-18)23(2,3)4)22(25)26-24(5,6)20-12-8-7-9-13-20;1-5(2,3)4;1-3-2/h11,18,20-21H,7-10,12-17H2,1-6H3;1-4H3;3H2,1-2H3/b19-11+;;. The first-order valence-corrected chi connectivity index (χ1v) is 14.4. The van der Waals surface area contributed by atoms with Gasteiger partial charge in [0.2, 0.25) is 0 Å². The fourth-order valence-electron chi connectivity index (χ4n) is 4.84.